The lowest BCUT2D eigenvalue weighted by Crippen LogP contribution is -2.10. The van der Waals surface area contributed by atoms with Gasteiger partial charge < -0.3 is 9.13 Å². The van der Waals surface area contributed by atoms with Crippen LogP contribution in [0.25, 0.3) is 49.3 Å². The molecule has 2 aromatic heterocycles. The monoisotopic (exact) mass is 438 g/mol. The smallest absolute Gasteiger partial charge is 0.0580 e. The molecule has 0 radical (unpaired) electrons. The Hall–Kier alpha value is -4.04. The van der Waals surface area contributed by atoms with Crippen LogP contribution < -0.4 is 0 Å². The second-order valence-electron chi connectivity index (χ2n) is 9.58. The van der Waals surface area contributed by atoms with Crippen molar-refractivity contribution < 1.29 is 0 Å². The van der Waals surface area contributed by atoms with E-state index in [1.54, 1.807) is 0 Å². The van der Waals surface area contributed by atoms with Crippen molar-refractivity contribution in [2.45, 2.75) is 26.3 Å². The molecule has 1 aliphatic carbocycles. The van der Waals surface area contributed by atoms with Gasteiger partial charge in [0.25, 0.3) is 0 Å². The van der Waals surface area contributed by atoms with Crippen LogP contribution in [0.2, 0.25) is 0 Å². The van der Waals surface area contributed by atoms with Crippen LogP contribution in [0.5, 0.6) is 0 Å². The summed E-state index contributed by atoms with van der Waals surface area (Å²) in [6.07, 6.45) is 8.07. The molecule has 0 aliphatic heterocycles. The first kappa shape index (κ1) is 19.4. The van der Waals surface area contributed by atoms with Crippen LogP contribution in [0.1, 0.15) is 23.6 Å². The maximum absolute atomic E-state index is 2.53. The Balaban J connectivity index is 1.49. The summed E-state index contributed by atoms with van der Waals surface area (Å²) in [4.78, 5) is 0. The van der Waals surface area contributed by atoms with Crippen molar-refractivity contribution in [3.05, 3.63) is 114 Å². The number of fused-ring (bicyclic) bond motifs is 6. The highest BCUT2D eigenvalue weighted by molar-refractivity contribution is 6.11. The fourth-order valence-corrected chi connectivity index (χ4v) is 5.82. The molecular weight excluding hydrogens is 412 g/mol. The van der Waals surface area contributed by atoms with Crippen molar-refractivity contribution in [1.82, 2.24) is 9.13 Å². The molecule has 0 saturated heterocycles. The van der Waals surface area contributed by atoms with Crippen molar-refractivity contribution in [3.63, 3.8) is 0 Å². The van der Waals surface area contributed by atoms with Crippen molar-refractivity contribution in [2.24, 2.45) is 0 Å². The molecule has 0 fully saturated rings. The first-order valence-electron chi connectivity index (χ1n) is 12.1. The predicted molar refractivity (Wildman–Crippen MR) is 145 cm³/mol. The first-order valence-corrected chi connectivity index (χ1v) is 12.1. The number of hydrogen-bond donors (Lipinski definition) is 0. The molecule has 7 rings (SSSR count). The standard InChI is InChI=1S/C32H26N2/c1-21-14-16-31-27(18-21)25-10-3-5-12-29(25)33(31)23-8-7-9-24(20-23)34-30-13-6-4-11-26(30)28-19-22(2)15-17-32(28)34/h3-8,10-20,24H,9H2,1-2H3. The number of nitrogens with zero attached hydrogens (tertiary/aromatic N) is 2. The Kier molecular flexibility index (Phi) is 4.13. The molecule has 0 bridgehead atoms. The maximum Gasteiger partial charge on any atom is 0.0580 e. The lowest BCUT2D eigenvalue weighted by Gasteiger charge is -2.22. The molecule has 164 valence electrons. The van der Waals surface area contributed by atoms with Crippen molar-refractivity contribution in [3.8, 4) is 0 Å². The molecule has 1 unspecified atom stereocenters. The Labute approximate surface area is 199 Å². The molecule has 0 amide bonds. The number of rotatable bonds is 2. The molecule has 34 heavy (non-hydrogen) atoms. The van der Waals surface area contributed by atoms with E-state index in [4.69, 9.17) is 0 Å². The lowest BCUT2D eigenvalue weighted by atomic mass is 10.1. The molecule has 0 saturated carbocycles. The highest BCUT2D eigenvalue weighted by Crippen LogP contribution is 2.38. The van der Waals surface area contributed by atoms with Crippen molar-refractivity contribution in [1.29, 1.82) is 0 Å². The van der Waals surface area contributed by atoms with E-state index < -0.39 is 0 Å². The fourth-order valence-electron chi connectivity index (χ4n) is 5.82. The van der Waals surface area contributed by atoms with E-state index in [9.17, 15) is 0 Å². The van der Waals surface area contributed by atoms with E-state index in [1.807, 2.05) is 0 Å². The lowest BCUT2D eigenvalue weighted by molar-refractivity contribution is 0.647. The largest absolute Gasteiger partial charge is 0.333 e. The van der Waals surface area contributed by atoms with Crippen LogP contribution in [0.3, 0.4) is 0 Å². The van der Waals surface area contributed by atoms with Crippen LogP contribution >= 0.6 is 0 Å². The van der Waals surface area contributed by atoms with E-state index in [2.05, 4.69) is 126 Å². The van der Waals surface area contributed by atoms with E-state index in [0.29, 0.717) is 0 Å². The van der Waals surface area contributed by atoms with Gasteiger partial charge in [0.1, 0.15) is 0 Å². The van der Waals surface area contributed by atoms with Gasteiger partial charge in [0.2, 0.25) is 0 Å². The zero-order valence-corrected chi connectivity index (χ0v) is 19.5. The van der Waals surface area contributed by atoms with Gasteiger partial charge in [-0.3, -0.25) is 0 Å². The third-order valence-electron chi connectivity index (χ3n) is 7.31. The van der Waals surface area contributed by atoms with Crippen LogP contribution in [-0.4, -0.2) is 9.13 Å². The number of allylic oxidation sites excluding steroid dienone is 4. The predicted octanol–water partition coefficient (Wildman–Crippen LogP) is 8.56. The summed E-state index contributed by atoms with van der Waals surface area (Å²) in [6, 6.07) is 31.5. The van der Waals surface area contributed by atoms with Gasteiger partial charge in [-0.25, -0.2) is 0 Å². The molecule has 0 N–H and O–H groups in total. The number of benzene rings is 4. The van der Waals surface area contributed by atoms with Gasteiger partial charge in [0.05, 0.1) is 17.1 Å². The van der Waals surface area contributed by atoms with Gasteiger partial charge in [0, 0.05) is 38.3 Å². The zero-order valence-electron chi connectivity index (χ0n) is 19.5. The average Bonchev–Trinajstić information content (AvgIpc) is 3.36. The summed E-state index contributed by atoms with van der Waals surface area (Å²) < 4.78 is 4.97. The van der Waals surface area contributed by atoms with Gasteiger partial charge in [-0.15, -0.1) is 0 Å². The Morgan fingerprint density at radius 1 is 0.618 bits per heavy atom. The Morgan fingerprint density at radius 3 is 1.94 bits per heavy atom. The summed E-state index contributed by atoms with van der Waals surface area (Å²) in [6.45, 7) is 4.35. The topological polar surface area (TPSA) is 9.86 Å². The summed E-state index contributed by atoms with van der Waals surface area (Å²) in [5.41, 5.74) is 8.97. The summed E-state index contributed by atoms with van der Waals surface area (Å²) in [5.74, 6) is 0. The van der Waals surface area contributed by atoms with Crippen LogP contribution in [0, 0.1) is 13.8 Å². The molecule has 0 spiro atoms. The fraction of sp³-hybridized carbons (Fsp3) is 0.125. The molecule has 6 aromatic rings. The molecule has 4 aromatic carbocycles. The molecule has 1 aliphatic rings. The summed E-state index contributed by atoms with van der Waals surface area (Å²) in [7, 11) is 0. The minimum atomic E-state index is 0.256. The SMILES string of the molecule is Cc1ccc2c(c1)c1ccccc1n2C1=CC(n2c3ccccc3c3cc(C)ccc32)CC=C1. The summed E-state index contributed by atoms with van der Waals surface area (Å²) >= 11 is 0. The normalized spacial score (nSPS) is 16.2. The summed E-state index contributed by atoms with van der Waals surface area (Å²) in [5, 5.41) is 5.30. The molecular formula is C32H26N2. The number of aromatic nitrogens is 2. The number of para-hydroxylation sites is 2. The molecule has 2 heteroatoms. The molecule has 2 nitrogen and oxygen atoms in total. The molecule has 1 atom stereocenters. The van der Waals surface area contributed by atoms with Gasteiger partial charge in [0.15, 0.2) is 0 Å². The third-order valence-corrected chi connectivity index (χ3v) is 7.31. The Bertz CT molecular complexity index is 1810. The van der Waals surface area contributed by atoms with Gasteiger partial charge in [-0.2, -0.15) is 0 Å². The van der Waals surface area contributed by atoms with Gasteiger partial charge in [-0.1, -0.05) is 65.7 Å². The van der Waals surface area contributed by atoms with Gasteiger partial charge >= 0.3 is 0 Å². The minimum Gasteiger partial charge on any atom is -0.333 e. The number of hydrogen-bond acceptors (Lipinski definition) is 0. The number of aryl methyl sites for hydroxylation is 2. The van der Waals surface area contributed by atoms with Gasteiger partial charge in [-0.05, 0) is 68.8 Å². The van der Waals surface area contributed by atoms with Crippen LogP contribution in [0.15, 0.2) is 103 Å². The van der Waals surface area contributed by atoms with Crippen LogP contribution in [-0.2, 0) is 0 Å². The van der Waals surface area contributed by atoms with E-state index in [-0.39, 0.29) is 6.04 Å². The quantitative estimate of drug-likeness (QED) is 0.256. The second kappa shape index (κ2) is 7.23. The Morgan fingerprint density at radius 2 is 1.18 bits per heavy atom. The highest BCUT2D eigenvalue weighted by Gasteiger charge is 2.20. The van der Waals surface area contributed by atoms with Crippen LogP contribution in [0.4, 0.5) is 0 Å². The van der Waals surface area contributed by atoms with E-state index in [0.717, 1.165) is 6.42 Å². The third kappa shape index (κ3) is 2.75. The maximum atomic E-state index is 2.53. The highest BCUT2D eigenvalue weighted by atomic mass is 15.0. The average molecular weight is 439 g/mol. The second-order valence-corrected chi connectivity index (χ2v) is 9.58. The van der Waals surface area contributed by atoms with E-state index >= 15 is 0 Å². The van der Waals surface area contributed by atoms with E-state index in [1.165, 1.54) is 60.4 Å². The zero-order chi connectivity index (χ0) is 22.8. The first-order chi connectivity index (χ1) is 16.7. The molecule has 2 heterocycles. The minimum absolute atomic E-state index is 0.256. The van der Waals surface area contributed by atoms with Crippen molar-refractivity contribution in [2.75, 3.05) is 0 Å². The van der Waals surface area contributed by atoms with Crippen molar-refractivity contribution >= 4 is 49.3 Å².